The smallest absolute Gasteiger partial charge is 0.0272 e. The molecule has 0 aliphatic carbocycles. The minimum Gasteiger partial charge on any atom is -0.225 e. The van der Waals surface area contributed by atoms with Crippen molar-refractivity contribution in [2.75, 3.05) is 0 Å². The number of aryl methyl sites for hydroxylation is 1. The lowest BCUT2D eigenvalue weighted by molar-refractivity contribution is 0.469. The Morgan fingerprint density at radius 3 is 2.40 bits per heavy atom. The third-order valence-electron chi connectivity index (χ3n) is 1.45. The second kappa shape index (κ2) is 2.27. The van der Waals surface area contributed by atoms with E-state index in [-0.39, 0.29) is 0 Å². The lowest BCUT2D eigenvalue weighted by atomic mass is 10.2. The summed E-state index contributed by atoms with van der Waals surface area (Å²) in [7, 11) is 0. The Morgan fingerprint density at radius 2 is 1.90 bits per heavy atom. The monoisotopic (exact) mass is 155 g/mol. The first-order valence-electron chi connectivity index (χ1n) is 3.16. The van der Waals surface area contributed by atoms with E-state index in [0.717, 1.165) is 0 Å². The fourth-order valence-electron chi connectivity index (χ4n) is 0.806. The van der Waals surface area contributed by atoms with Crippen LogP contribution in [0.3, 0.4) is 0 Å². The summed E-state index contributed by atoms with van der Waals surface area (Å²) in [6.45, 7) is 2.08. The molecule has 1 heterocycles. The Bertz CT molecular complexity index is 230. The molecule has 1 aromatic carbocycles. The molecule has 1 aliphatic rings. The Kier molecular flexibility index (Phi) is 1.41. The molecule has 1 aromatic rings. The SMILES string of the molecule is Cc1ccc([SH]2NO2)cc1. The second-order valence-electron chi connectivity index (χ2n) is 2.31. The largest absolute Gasteiger partial charge is 0.225 e. The van der Waals surface area contributed by atoms with E-state index in [1.807, 2.05) is 0 Å². The maximum absolute atomic E-state index is 4.95. The fraction of sp³-hybridized carbons (Fsp3) is 0.143. The van der Waals surface area contributed by atoms with Crippen molar-refractivity contribution in [1.82, 2.24) is 4.89 Å². The first kappa shape index (κ1) is 6.22. The normalized spacial score (nSPS) is 26.3. The number of rotatable bonds is 1. The Balaban J connectivity index is 2.28. The summed E-state index contributed by atoms with van der Waals surface area (Å²) in [5.41, 5.74) is 1.29. The van der Waals surface area contributed by atoms with Crippen molar-refractivity contribution in [3.63, 3.8) is 0 Å². The maximum atomic E-state index is 4.95. The average molecular weight is 155 g/mol. The molecular formula is C7H9NOS. The molecule has 10 heavy (non-hydrogen) atoms. The molecule has 2 rings (SSSR count). The average Bonchev–Trinajstić information content (AvgIpc) is 2.71. The molecule has 1 aliphatic heterocycles. The quantitative estimate of drug-likeness (QED) is 0.478. The standard InChI is InChI=1S/C7H9NOS/c1-6-2-4-7(5-3-6)10-8-9-10/h2-5,8,10H,1H3. The van der Waals surface area contributed by atoms with Gasteiger partial charge in [-0.25, -0.2) is 4.28 Å². The third kappa shape index (κ3) is 1.16. The lowest BCUT2D eigenvalue weighted by Crippen LogP contribution is -1.72. The van der Waals surface area contributed by atoms with Gasteiger partial charge < -0.3 is 0 Å². The van der Waals surface area contributed by atoms with Crippen molar-refractivity contribution in [3.05, 3.63) is 29.8 Å². The van der Waals surface area contributed by atoms with Gasteiger partial charge in [0.05, 0.1) is 0 Å². The predicted molar refractivity (Wildman–Crippen MR) is 42.7 cm³/mol. The number of thiol groups is 1. The van der Waals surface area contributed by atoms with Gasteiger partial charge in [0, 0.05) is 4.90 Å². The van der Waals surface area contributed by atoms with E-state index >= 15 is 0 Å². The molecule has 54 valence electrons. The highest BCUT2D eigenvalue weighted by Crippen LogP contribution is 2.43. The Morgan fingerprint density at radius 1 is 1.30 bits per heavy atom. The van der Waals surface area contributed by atoms with Crippen LogP contribution in [0.25, 0.3) is 0 Å². The molecule has 0 aromatic heterocycles. The maximum Gasteiger partial charge on any atom is 0.0272 e. The van der Waals surface area contributed by atoms with Crippen LogP contribution in [0.15, 0.2) is 29.2 Å². The van der Waals surface area contributed by atoms with E-state index in [4.69, 9.17) is 4.28 Å². The lowest BCUT2D eigenvalue weighted by Gasteiger charge is -1.94. The third-order valence-corrected chi connectivity index (χ3v) is 2.58. The first-order valence-corrected chi connectivity index (χ1v) is 4.41. The van der Waals surface area contributed by atoms with Gasteiger partial charge in [-0.15, -0.1) is 4.89 Å². The van der Waals surface area contributed by atoms with Gasteiger partial charge in [-0.2, -0.15) is 0 Å². The zero-order valence-electron chi connectivity index (χ0n) is 5.66. The number of hydrogen-bond acceptors (Lipinski definition) is 2. The number of nitrogens with one attached hydrogen (secondary N) is 1. The van der Waals surface area contributed by atoms with Crippen LogP contribution in [0.5, 0.6) is 0 Å². The summed E-state index contributed by atoms with van der Waals surface area (Å²) >= 11 is -0.408. The van der Waals surface area contributed by atoms with E-state index in [1.54, 1.807) is 0 Å². The van der Waals surface area contributed by atoms with Gasteiger partial charge in [-0.3, -0.25) is 0 Å². The Hall–Kier alpha value is -0.510. The molecule has 3 heteroatoms. The minimum absolute atomic E-state index is 0.408. The van der Waals surface area contributed by atoms with Gasteiger partial charge in [0.2, 0.25) is 0 Å². The van der Waals surface area contributed by atoms with Crippen molar-refractivity contribution in [2.24, 2.45) is 0 Å². The van der Waals surface area contributed by atoms with Crippen molar-refractivity contribution in [3.8, 4) is 0 Å². The molecule has 0 saturated carbocycles. The van der Waals surface area contributed by atoms with Crippen molar-refractivity contribution >= 4 is 11.4 Å². The Labute approximate surface area is 62.8 Å². The van der Waals surface area contributed by atoms with Gasteiger partial charge in [-0.05, 0) is 30.4 Å². The molecule has 1 saturated heterocycles. The van der Waals surface area contributed by atoms with Gasteiger partial charge in [0.25, 0.3) is 0 Å². The van der Waals surface area contributed by atoms with Gasteiger partial charge >= 0.3 is 0 Å². The molecule has 0 bridgehead atoms. The van der Waals surface area contributed by atoms with Crippen LogP contribution >= 0.6 is 11.4 Å². The first-order chi connectivity index (χ1) is 4.86. The van der Waals surface area contributed by atoms with Crippen LogP contribution in [0, 0.1) is 6.92 Å². The van der Waals surface area contributed by atoms with Crippen molar-refractivity contribution in [2.45, 2.75) is 11.8 Å². The molecule has 0 spiro atoms. The minimum atomic E-state index is -0.408. The summed E-state index contributed by atoms with van der Waals surface area (Å²) in [5, 5.41) is 0. The molecule has 2 nitrogen and oxygen atoms in total. The molecule has 1 N–H and O–H groups in total. The fourth-order valence-corrected chi connectivity index (χ4v) is 1.60. The van der Waals surface area contributed by atoms with E-state index in [9.17, 15) is 0 Å². The molecular weight excluding hydrogens is 146 g/mol. The second-order valence-corrected chi connectivity index (χ2v) is 3.78. The summed E-state index contributed by atoms with van der Waals surface area (Å²) in [6.07, 6.45) is 0. The van der Waals surface area contributed by atoms with Gasteiger partial charge in [0.1, 0.15) is 0 Å². The highest BCUT2D eigenvalue weighted by molar-refractivity contribution is 8.15. The summed E-state index contributed by atoms with van der Waals surface area (Å²) in [6, 6.07) is 8.39. The van der Waals surface area contributed by atoms with Crippen LogP contribution < -0.4 is 4.89 Å². The molecule has 1 fully saturated rings. The number of benzene rings is 1. The predicted octanol–water partition coefficient (Wildman–Crippen LogP) is 1.72. The molecule has 0 radical (unpaired) electrons. The summed E-state index contributed by atoms with van der Waals surface area (Å²) in [4.78, 5) is 4.10. The van der Waals surface area contributed by atoms with Crippen molar-refractivity contribution < 1.29 is 4.28 Å². The van der Waals surface area contributed by atoms with Crippen molar-refractivity contribution in [1.29, 1.82) is 0 Å². The zero-order valence-corrected chi connectivity index (χ0v) is 6.56. The van der Waals surface area contributed by atoms with Crippen LogP contribution in [-0.2, 0) is 4.28 Å². The summed E-state index contributed by atoms with van der Waals surface area (Å²) < 4.78 is 4.95. The van der Waals surface area contributed by atoms with Crippen LogP contribution in [0.4, 0.5) is 0 Å². The van der Waals surface area contributed by atoms with Crippen LogP contribution in [-0.4, -0.2) is 0 Å². The van der Waals surface area contributed by atoms with E-state index in [2.05, 4.69) is 36.1 Å². The zero-order chi connectivity index (χ0) is 6.97. The molecule has 1 unspecified atom stereocenters. The molecule has 0 amide bonds. The van der Waals surface area contributed by atoms with E-state index in [0.29, 0.717) is 0 Å². The van der Waals surface area contributed by atoms with Gasteiger partial charge in [-0.1, -0.05) is 17.7 Å². The van der Waals surface area contributed by atoms with E-state index < -0.39 is 11.4 Å². The van der Waals surface area contributed by atoms with Crippen LogP contribution in [0.1, 0.15) is 5.56 Å². The highest BCUT2D eigenvalue weighted by Gasteiger charge is 2.18. The van der Waals surface area contributed by atoms with Gasteiger partial charge in [0.15, 0.2) is 0 Å². The number of hydrogen-bond donors (Lipinski definition) is 2. The highest BCUT2D eigenvalue weighted by atomic mass is 32.2. The summed E-state index contributed by atoms with van der Waals surface area (Å²) in [5.74, 6) is 0. The van der Waals surface area contributed by atoms with E-state index in [1.165, 1.54) is 10.5 Å². The molecule has 1 atom stereocenters. The topological polar surface area (TPSA) is 34.5 Å². The van der Waals surface area contributed by atoms with Crippen LogP contribution in [0.2, 0.25) is 0 Å².